The molecule has 0 aliphatic heterocycles. The number of allylic oxidation sites excluding steroid dienone is 2. The van der Waals surface area contributed by atoms with Gasteiger partial charge in [0.15, 0.2) is 0 Å². The molecule has 0 aliphatic rings. The number of ether oxygens (including phenoxy) is 2. The van der Waals surface area contributed by atoms with E-state index in [1.165, 1.54) is 21.1 Å². The molecule has 0 saturated heterocycles. The monoisotopic (exact) mass is 367 g/mol. The van der Waals surface area contributed by atoms with Gasteiger partial charge in [0.2, 0.25) is 5.91 Å². The molecule has 0 fully saturated rings. The van der Waals surface area contributed by atoms with E-state index in [2.05, 4.69) is 16.1 Å². The molecule has 0 bridgehead atoms. The largest absolute Gasteiger partial charge is 0.469 e. The average molecular weight is 367 g/mol. The standard InChI is InChI=1S/C20H33NO5/c1-16(21-17(2)22)15-18(20(24)26-4)13-11-9-7-5-6-8-10-12-14-19(23)25-3/h9,11,15-16H,5-8,10,12-14H2,1-4H3,(H,21,22)/b11-9+,18-15-/t16-/m0/s1. The van der Waals surface area contributed by atoms with Crippen molar-refractivity contribution < 1.29 is 23.9 Å². The molecule has 0 radical (unpaired) electrons. The molecular weight excluding hydrogens is 334 g/mol. The molecule has 0 rings (SSSR count). The molecule has 0 unspecified atom stereocenters. The Hall–Kier alpha value is -2.11. The third kappa shape index (κ3) is 13.2. The van der Waals surface area contributed by atoms with E-state index in [1.54, 1.807) is 6.08 Å². The second-order valence-corrected chi connectivity index (χ2v) is 6.23. The maximum atomic E-state index is 11.8. The summed E-state index contributed by atoms with van der Waals surface area (Å²) in [4.78, 5) is 33.8. The van der Waals surface area contributed by atoms with E-state index < -0.39 is 0 Å². The number of unbranched alkanes of at least 4 members (excludes halogenated alkanes) is 5. The Morgan fingerprint density at radius 3 is 2.23 bits per heavy atom. The molecule has 1 N–H and O–H groups in total. The third-order valence-corrected chi connectivity index (χ3v) is 3.81. The van der Waals surface area contributed by atoms with Crippen LogP contribution < -0.4 is 5.32 Å². The predicted octanol–water partition coefficient (Wildman–Crippen LogP) is 3.46. The number of carbonyl (C=O) groups is 3. The molecule has 6 heteroatoms. The number of hydrogen-bond donors (Lipinski definition) is 1. The fourth-order valence-corrected chi connectivity index (χ4v) is 2.51. The SMILES string of the molecule is COC(=O)CCCCCCC/C=C/C/C(=C/[C@H](C)NC(C)=O)C(=O)OC. The number of esters is 2. The van der Waals surface area contributed by atoms with Crippen molar-refractivity contribution in [1.82, 2.24) is 5.32 Å². The number of methoxy groups -OCH3 is 2. The zero-order chi connectivity index (χ0) is 19.8. The van der Waals surface area contributed by atoms with Gasteiger partial charge in [0, 0.05) is 25.0 Å². The lowest BCUT2D eigenvalue weighted by Crippen LogP contribution is -2.29. The Balaban J connectivity index is 4.06. The first kappa shape index (κ1) is 23.9. The molecular formula is C20H33NO5. The molecule has 0 heterocycles. The van der Waals surface area contributed by atoms with E-state index in [9.17, 15) is 14.4 Å². The van der Waals surface area contributed by atoms with Crippen LogP contribution in [-0.2, 0) is 23.9 Å². The van der Waals surface area contributed by atoms with E-state index in [-0.39, 0.29) is 23.9 Å². The van der Waals surface area contributed by atoms with Crippen LogP contribution in [0.5, 0.6) is 0 Å². The van der Waals surface area contributed by atoms with Gasteiger partial charge in [-0.25, -0.2) is 4.79 Å². The van der Waals surface area contributed by atoms with Crippen LogP contribution in [0.3, 0.4) is 0 Å². The molecule has 0 aromatic carbocycles. The van der Waals surface area contributed by atoms with Gasteiger partial charge in [0.25, 0.3) is 0 Å². The summed E-state index contributed by atoms with van der Waals surface area (Å²) in [6, 6.07) is -0.222. The Morgan fingerprint density at radius 2 is 1.62 bits per heavy atom. The zero-order valence-electron chi connectivity index (χ0n) is 16.5. The van der Waals surface area contributed by atoms with Crippen molar-refractivity contribution >= 4 is 17.8 Å². The molecule has 148 valence electrons. The highest BCUT2D eigenvalue weighted by molar-refractivity contribution is 5.88. The summed E-state index contributed by atoms with van der Waals surface area (Å²) in [6.07, 6.45) is 12.9. The minimum absolute atomic E-state index is 0.139. The molecule has 1 atom stereocenters. The summed E-state index contributed by atoms with van der Waals surface area (Å²) < 4.78 is 9.39. The number of carbonyl (C=O) groups excluding carboxylic acids is 3. The van der Waals surface area contributed by atoms with Crippen molar-refractivity contribution in [3.05, 3.63) is 23.8 Å². The average Bonchev–Trinajstić information content (AvgIpc) is 2.60. The third-order valence-electron chi connectivity index (χ3n) is 3.81. The Labute approximate surface area is 157 Å². The topological polar surface area (TPSA) is 81.7 Å². The van der Waals surface area contributed by atoms with E-state index in [0.717, 1.165) is 38.5 Å². The maximum Gasteiger partial charge on any atom is 0.333 e. The van der Waals surface area contributed by atoms with Crippen LogP contribution in [0.25, 0.3) is 0 Å². The van der Waals surface area contributed by atoms with Crippen LogP contribution in [-0.4, -0.2) is 38.1 Å². The lowest BCUT2D eigenvalue weighted by Gasteiger charge is -2.10. The van der Waals surface area contributed by atoms with Crippen LogP contribution >= 0.6 is 0 Å². The van der Waals surface area contributed by atoms with Gasteiger partial charge in [-0.05, 0) is 32.6 Å². The number of amides is 1. The van der Waals surface area contributed by atoms with Crippen LogP contribution in [0.2, 0.25) is 0 Å². The molecule has 26 heavy (non-hydrogen) atoms. The van der Waals surface area contributed by atoms with E-state index >= 15 is 0 Å². The lowest BCUT2D eigenvalue weighted by molar-refractivity contribution is -0.140. The summed E-state index contributed by atoms with van der Waals surface area (Å²) in [6.45, 7) is 3.26. The molecule has 6 nitrogen and oxygen atoms in total. The van der Waals surface area contributed by atoms with Gasteiger partial charge in [-0.15, -0.1) is 0 Å². The second-order valence-electron chi connectivity index (χ2n) is 6.23. The van der Waals surface area contributed by atoms with E-state index in [0.29, 0.717) is 18.4 Å². The van der Waals surface area contributed by atoms with Crippen LogP contribution in [0.15, 0.2) is 23.8 Å². The Kier molecular flexibility index (Phi) is 13.9. The molecule has 1 amide bonds. The molecule has 0 saturated carbocycles. The highest BCUT2D eigenvalue weighted by Crippen LogP contribution is 2.10. The van der Waals surface area contributed by atoms with Gasteiger partial charge < -0.3 is 14.8 Å². The number of rotatable bonds is 13. The summed E-state index contributed by atoms with van der Waals surface area (Å²) in [5.74, 6) is -0.659. The van der Waals surface area contributed by atoms with Gasteiger partial charge in [0.05, 0.1) is 14.2 Å². The van der Waals surface area contributed by atoms with Crippen LogP contribution in [0.1, 0.15) is 65.2 Å². The van der Waals surface area contributed by atoms with Gasteiger partial charge in [-0.3, -0.25) is 9.59 Å². The summed E-state index contributed by atoms with van der Waals surface area (Å²) in [5.41, 5.74) is 0.535. The molecule has 0 spiro atoms. The molecule has 0 aromatic heterocycles. The summed E-state index contributed by atoms with van der Waals surface area (Å²) in [7, 11) is 2.76. The highest BCUT2D eigenvalue weighted by Gasteiger charge is 2.10. The quantitative estimate of drug-likeness (QED) is 0.233. The first-order valence-electron chi connectivity index (χ1n) is 9.18. The van der Waals surface area contributed by atoms with Crippen molar-refractivity contribution in [2.45, 2.75) is 71.3 Å². The van der Waals surface area contributed by atoms with E-state index in [4.69, 9.17) is 4.74 Å². The predicted molar refractivity (Wildman–Crippen MR) is 101 cm³/mol. The maximum absolute atomic E-state index is 11.8. The van der Waals surface area contributed by atoms with Gasteiger partial charge in [-0.1, -0.05) is 37.5 Å². The van der Waals surface area contributed by atoms with Crippen molar-refractivity contribution in [3.8, 4) is 0 Å². The minimum Gasteiger partial charge on any atom is -0.469 e. The smallest absolute Gasteiger partial charge is 0.333 e. The second kappa shape index (κ2) is 15.2. The normalized spacial score (nSPS) is 12.7. The van der Waals surface area contributed by atoms with Crippen molar-refractivity contribution in [2.75, 3.05) is 14.2 Å². The summed E-state index contributed by atoms with van der Waals surface area (Å²) in [5, 5.41) is 2.72. The zero-order valence-corrected chi connectivity index (χ0v) is 16.5. The molecule has 0 aliphatic carbocycles. The van der Waals surface area contributed by atoms with E-state index in [1.807, 2.05) is 13.0 Å². The molecule has 0 aromatic rings. The van der Waals surface area contributed by atoms with Gasteiger partial charge >= 0.3 is 11.9 Å². The van der Waals surface area contributed by atoms with Crippen LogP contribution in [0.4, 0.5) is 0 Å². The van der Waals surface area contributed by atoms with Gasteiger partial charge in [-0.2, -0.15) is 0 Å². The van der Waals surface area contributed by atoms with Gasteiger partial charge in [0.1, 0.15) is 0 Å². The van der Waals surface area contributed by atoms with Crippen LogP contribution in [0, 0.1) is 0 Å². The fraction of sp³-hybridized carbons (Fsp3) is 0.650. The lowest BCUT2D eigenvalue weighted by atomic mass is 10.1. The number of hydrogen-bond acceptors (Lipinski definition) is 5. The fourth-order valence-electron chi connectivity index (χ4n) is 2.51. The first-order chi connectivity index (χ1) is 12.4. The minimum atomic E-state index is -0.377. The summed E-state index contributed by atoms with van der Waals surface area (Å²) >= 11 is 0. The Bertz CT molecular complexity index is 496. The van der Waals surface area contributed by atoms with Crippen molar-refractivity contribution in [2.24, 2.45) is 0 Å². The van der Waals surface area contributed by atoms with Crippen molar-refractivity contribution in [1.29, 1.82) is 0 Å². The van der Waals surface area contributed by atoms with Crippen molar-refractivity contribution in [3.63, 3.8) is 0 Å². The highest BCUT2D eigenvalue weighted by atomic mass is 16.5. The Morgan fingerprint density at radius 1 is 0.962 bits per heavy atom. The first-order valence-corrected chi connectivity index (χ1v) is 9.18. The number of nitrogens with one attached hydrogen (secondary N) is 1.